The van der Waals surface area contributed by atoms with Gasteiger partial charge >= 0.3 is 0 Å². The van der Waals surface area contributed by atoms with Crippen molar-refractivity contribution >= 4 is 22.7 Å². The predicted octanol–water partition coefficient (Wildman–Crippen LogP) is 3.57. The van der Waals surface area contributed by atoms with E-state index in [0.717, 1.165) is 18.0 Å². The van der Waals surface area contributed by atoms with E-state index in [9.17, 15) is 8.78 Å². The van der Waals surface area contributed by atoms with Gasteiger partial charge in [-0.1, -0.05) is 0 Å². The molecule has 0 aliphatic heterocycles. The molecule has 0 bridgehead atoms. The highest BCUT2D eigenvalue weighted by Crippen LogP contribution is 2.22. The lowest BCUT2D eigenvalue weighted by Gasteiger charge is -2.06. The van der Waals surface area contributed by atoms with Crippen LogP contribution >= 0.6 is 11.3 Å². The Balaban J connectivity index is 2.17. The van der Waals surface area contributed by atoms with Crippen LogP contribution in [0.2, 0.25) is 0 Å². The molecule has 0 atom stereocenters. The Bertz CT molecular complexity index is 628. The minimum Gasteiger partial charge on any atom is -0.491 e. The fourth-order valence-electron chi connectivity index (χ4n) is 1.49. The fourth-order valence-corrected chi connectivity index (χ4v) is 2.13. The summed E-state index contributed by atoms with van der Waals surface area (Å²) < 4.78 is 32.6. The number of aromatic nitrogens is 1. The van der Waals surface area contributed by atoms with Gasteiger partial charge in [-0.25, -0.2) is 13.8 Å². The van der Waals surface area contributed by atoms with E-state index in [0.29, 0.717) is 11.7 Å². The molecule has 1 N–H and O–H groups in total. The lowest BCUT2D eigenvalue weighted by Crippen LogP contribution is -2.01. The Kier molecular flexibility index (Phi) is 4.62. The SMILES string of the molecule is CCOc1ccc(F)c(C=NNc2nc(C)cs2)c1F. The highest BCUT2D eigenvalue weighted by Gasteiger charge is 2.12. The van der Waals surface area contributed by atoms with Crippen molar-refractivity contribution < 1.29 is 13.5 Å². The second-order valence-corrected chi connectivity index (χ2v) is 4.73. The van der Waals surface area contributed by atoms with Gasteiger partial charge in [-0.3, -0.25) is 5.43 Å². The summed E-state index contributed by atoms with van der Waals surface area (Å²) in [5.74, 6) is -1.47. The van der Waals surface area contributed by atoms with Crippen molar-refractivity contribution in [3.8, 4) is 5.75 Å². The third kappa shape index (κ3) is 3.30. The van der Waals surface area contributed by atoms with Gasteiger partial charge in [0.25, 0.3) is 0 Å². The molecular formula is C13H13F2N3OS. The van der Waals surface area contributed by atoms with E-state index in [2.05, 4.69) is 15.5 Å². The summed E-state index contributed by atoms with van der Waals surface area (Å²) in [6.45, 7) is 3.87. The zero-order valence-corrected chi connectivity index (χ0v) is 11.8. The van der Waals surface area contributed by atoms with Gasteiger partial charge in [0.15, 0.2) is 11.6 Å². The van der Waals surface area contributed by atoms with Gasteiger partial charge in [-0.05, 0) is 26.0 Å². The largest absolute Gasteiger partial charge is 0.491 e. The smallest absolute Gasteiger partial charge is 0.203 e. The maximum Gasteiger partial charge on any atom is 0.203 e. The van der Waals surface area contributed by atoms with E-state index in [1.54, 1.807) is 6.92 Å². The molecule has 0 unspecified atom stereocenters. The minimum atomic E-state index is -0.771. The predicted molar refractivity (Wildman–Crippen MR) is 75.6 cm³/mol. The number of aryl methyl sites for hydroxylation is 1. The highest BCUT2D eigenvalue weighted by molar-refractivity contribution is 7.13. The molecule has 0 spiro atoms. The van der Waals surface area contributed by atoms with Gasteiger partial charge in [0.1, 0.15) is 5.82 Å². The molecule has 4 nitrogen and oxygen atoms in total. The Labute approximate surface area is 119 Å². The summed E-state index contributed by atoms with van der Waals surface area (Å²) in [6, 6.07) is 2.39. The van der Waals surface area contributed by atoms with Crippen LogP contribution in [0.25, 0.3) is 0 Å². The second-order valence-electron chi connectivity index (χ2n) is 3.87. The van der Waals surface area contributed by atoms with Crippen LogP contribution in [0.15, 0.2) is 22.6 Å². The third-order valence-corrected chi connectivity index (χ3v) is 3.23. The average molecular weight is 297 g/mol. The van der Waals surface area contributed by atoms with Crippen molar-refractivity contribution in [1.82, 2.24) is 4.98 Å². The molecule has 2 rings (SSSR count). The number of nitrogens with one attached hydrogen (secondary N) is 1. The Morgan fingerprint density at radius 3 is 2.90 bits per heavy atom. The van der Waals surface area contributed by atoms with Crippen LogP contribution in [-0.2, 0) is 0 Å². The molecule has 0 aliphatic rings. The molecule has 0 amide bonds. The quantitative estimate of drug-likeness (QED) is 0.678. The average Bonchev–Trinajstić information content (AvgIpc) is 2.83. The van der Waals surface area contributed by atoms with Crippen molar-refractivity contribution in [1.29, 1.82) is 0 Å². The van der Waals surface area contributed by atoms with E-state index in [4.69, 9.17) is 4.74 Å². The number of ether oxygens (including phenoxy) is 1. The maximum absolute atomic E-state index is 14.0. The van der Waals surface area contributed by atoms with Crippen LogP contribution in [0.1, 0.15) is 18.2 Å². The normalized spacial score (nSPS) is 11.0. The molecule has 1 heterocycles. The first kappa shape index (κ1) is 14.4. The van der Waals surface area contributed by atoms with Crippen molar-refractivity contribution in [3.05, 3.63) is 40.4 Å². The van der Waals surface area contributed by atoms with Crippen LogP contribution in [0.4, 0.5) is 13.9 Å². The third-order valence-electron chi connectivity index (χ3n) is 2.36. The van der Waals surface area contributed by atoms with Gasteiger partial charge in [0.05, 0.1) is 24.1 Å². The van der Waals surface area contributed by atoms with E-state index >= 15 is 0 Å². The molecule has 1 aromatic carbocycles. The molecule has 0 saturated carbocycles. The van der Waals surface area contributed by atoms with Crippen LogP contribution in [0, 0.1) is 18.6 Å². The lowest BCUT2D eigenvalue weighted by atomic mass is 10.2. The number of nitrogens with zero attached hydrogens (tertiary/aromatic N) is 2. The maximum atomic E-state index is 14.0. The summed E-state index contributed by atoms with van der Waals surface area (Å²) in [5, 5.41) is 6.18. The molecular weight excluding hydrogens is 284 g/mol. The minimum absolute atomic E-state index is 0.000410. The molecule has 106 valence electrons. The number of hydrogen-bond acceptors (Lipinski definition) is 5. The molecule has 0 radical (unpaired) electrons. The zero-order chi connectivity index (χ0) is 14.5. The van der Waals surface area contributed by atoms with Gasteiger partial charge in [-0.15, -0.1) is 11.3 Å². The number of hydrogen-bond donors (Lipinski definition) is 1. The van der Waals surface area contributed by atoms with E-state index in [1.165, 1.54) is 17.4 Å². The Morgan fingerprint density at radius 1 is 1.45 bits per heavy atom. The molecule has 7 heteroatoms. The topological polar surface area (TPSA) is 46.5 Å². The van der Waals surface area contributed by atoms with Gasteiger partial charge in [0.2, 0.25) is 5.13 Å². The molecule has 2 aromatic rings. The first-order chi connectivity index (χ1) is 9.61. The summed E-state index contributed by atoms with van der Waals surface area (Å²) in [7, 11) is 0. The van der Waals surface area contributed by atoms with Crippen LogP contribution in [0.5, 0.6) is 5.75 Å². The molecule has 0 saturated heterocycles. The van der Waals surface area contributed by atoms with Crippen molar-refractivity contribution in [2.45, 2.75) is 13.8 Å². The zero-order valence-electron chi connectivity index (χ0n) is 11.0. The summed E-state index contributed by atoms with van der Waals surface area (Å²) in [5.41, 5.74) is 3.22. The lowest BCUT2D eigenvalue weighted by molar-refractivity contribution is 0.320. The van der Waals surface area contributed by atoms with Gasteiger partial charge in [-0.2, -0.15) is 5.10 Å². The van der Waals surface area contributed by atoms with Crippen LogP contribution < -0.4 is 10.2 Å². The standard InChI is InChI=1S/C13H13F2N3OS/c1-3-19-11-5-4-10(14)9(12(11)15)6-16-18-13-17-8(2)7-20-13/h4-7H,3H2,1-2H3,(H,17,18). The number of benzene rings is 1. The van der Waals surface area contributed by atoms with Gasteiger partial charge < -0.3 is 4.74 Å². The van der Waals surface area contributed by atoms with E-state index < -0.39 is 11.6 Å². The number of rotatable bonds is 5. The number of anilines is 1. The number of hydrazone groups is 1. The fraction of sp³-hybridized carbons (Fsp3) is 0.231. The highest BCUT2D eigenvalue weighted by atomic mass is 32.1. The van der Waals surface area contributed by atoms with Gasteiger partial charge in [0, 0.05) is 5.38 Å². The molecule has 0 fully saturated rings. The van der Waals surface area contributed by atoms with E-state index in [-0.39, 0.29) is 11.3 Å². The Hall–Kier alpha value is -2.02. The Morgan fingerprint density at radius 2 is 2.25 bits per heavy atom. The molecule has 20 heavy (non-hydrogen) atoms. The number of halogens is 2. The molecule has 0 aliphatic carbocycles. The first-order valence-electron chi connectivity index (χ1n) is 5.93. The summed E-state index contributed by atoms with van der Waals surface area (Å²) in [4.78, 5) is 4.12. The first-order valence-corrected chi connectivity index (χ1v) is 6.81. The van der Waals surface area contributed by atoms with Crippen molar-refractivity contribution in [2.24, 2.45) is 5.10 Å². The molecule has 1 aromatic heterocycles. The van der Waals surface area contributed by atoms with Crippen LogP contribution in [0.3, 0.4) is 0 Å². The summed E-state index contributed by atoms with van der Waals surface area (Å²) in [6.07, 6.45) is 1.07. The van der Waals surface area contributed by atoms with Crippen molar-refractivity contribution in [3.63, 3.8) is 0 Å². The monoisotopic (exact) mass is 297 g/mol. The van der Waals surface area contributed by atoms with Crippen LogP contribution in [-0.4, -0.2) is 17.8 Å². The van der Waals surface area contributed by atoms with E-state index in [1.807, 2.05) is 12.3 Å². The van der Waals surface area contributed by atoms with Crippen molar-refractivity contribution in [2.75, 3.05) is 12.0 Å². The second kappa shape index (κ2) is 6.42. The number of thiazole rings is 1. The summed E-state index contributed by atoms with van der Waals surface area (Å²) >= 11 is 1.36.